The van der Waals surface area contributed by atoms with Crippen LogP contribution in [-0.4, -0.2) is 38.7 Å². The summed E-state index contributed by atoms with van der Waals surface area (Å²) in [5.41, 5.74) is 0.389. The second-order valence-electron chi connectivity index (χ2n) is 8.43. The van der Waals surface area contributed by atoms with Crippen LogP contribution in [0.3, 0.4) is 0 Å². The van der Waals surface area contributed by atoms with Gasteiger partial charge in [0, 0.05) is 31.5 Å². The average molecular weight is 314 g/mol. The first-order valence-corrected chi connectivity index (χ1v) is 9.38. The zero-order valence-corrected chi connectivity index (χ0v) is 13.7. The maximum absolute atomic E-state index is 13.0. The monoisotopic (exact) mass is 314 g/mol. The maximum atomic E-state index is 13.0. The molecule has 1 aromatic rings. The lowest BCUT2D eigenvalue weighted by Crippen LogP contribution is -2.39. The number of amides is 1. The van der Waals surface area contributed by atoms with E-state index < -0.39 is 0 Å². The van der Waals surface area contributed by atoms with E-state index in [1.807, 2.05) is 12.7 Å². The number of nitrogens with zero attached hydrogens (tertiary/aromatic N) is 4. The quantitative estimate of drug-likeness (QED) is 0.860. The molecule has 1 spiro atoms. The number of fused-ring (bicyclic) bond motifs is 1. The molecule has 1 aliphatic heterocycles. The molecule has 5 heteroatoms. The molecule has 4 fully saturated rings. The van der Waals surface area contributed by atoms with Crippen molar-refractivity contribution in [2.24, 2.45) is 29.1 Å². The molecule has 3 aliphatic carbocycles. The summed E-state index contributed by atoms with van der Waals surface area (Å²) in [5.74, 6) is 2.90. The first-order valence-electron chi connectivity index (χ1n) is 9.38. The highest BCUT2D eigenvalue weighted by Gasteiger charge is 2.59. The molecule has 2 heterocycles. The highest BCUT2D eigenvalue weighted by molar-refractivity contribution is 5.82. The van der Waals surface area contributed by atoms with Gasteiger partial charge in [-0.15, -0.1) is 10.2 Å². The van der Waals surface area contributed by atoms with Gasteiger partial charge in [0.05, 0.1) is 0 Å². The molecule has 2 unspecified atom stereocenters. The van der Waals surface area contributed by atoms with Gasteiger partial charge in [-0.05, 0) is 42.9 Å². The van der Waals surface area contributed by atoms with Crippen molar-refractivity contribution in [1.29, 1.82) is 0 Å². The Morgan fingerprint density at radius 3 is 2.39 bits per heavy atom. The van der Waals surface area contributed by atoms with E-state index in [1.165, 1.54) is 44.9 Å². The van der Waals surface area contributed by atoms with Crippen LogP contribution in [0, 0.1) is 29.1 Å². The van der Waals surface area contributed by atoms with Gasteiger partial charge < -0.3 is 9.47 Å². The largest absolute Gasteiger partial charge is 0.342 e. The van der Waals surface area contributed by atoms with Crippen molar-refractivity contribution in [1.82, 2.24) is 19.7 Å². The van der Waals surface area contributed by atoms with Crippen LogP contribution < -0.4 is 0 Å². The zero-order chi connectivity index (χ0) is 15.4. The third kappa shape index (κ3) is 2.15. The van der Waals surface area contributed by atoms with Gasteiger partial charge >= 0.3 is 0 Å². The van der Waals surface area contributed by atoms with Crippen molar-refractivity contribution in [2.75, 3.05) is 13.1 Å². The predicted octanol–water partition coefficient (Wildman–Crippen LogP) is 2.34. The van der Waals surface area contributed by atoms with Crippen LogP contribution in [0.2, 0.25) is 0 Å². The molecule has 3 saturated carbocycles. The molecular formula is C18H26N4O. The van der Waals surface area contributed by atoms with Crippen LogP contribution in [0.5, 0.6) is 0 Å². The molecule has 124 valence electrons. The smallest absolute Gasteiger partial charge is 0.226 e. The number of carbonyl (C=O) groups is 1. The minimum Gasteiger partial charge on any atom is -0.342 e. The molecule has 23 heavy (non-hydrogen) atoms. The van der Waals surface area contributed by atoms with E-state index in [1.54, 1.807) is 0 Å². The normalized spacial score (nSPS) is 37.5. The van der Waals surface area contributed by atoms with Crippen LogP contribution in [0.1, 0.15) is 44.9 Å². The zero-order valence-electron chi connectivity index (χ0n) is 13.7. The molecule has 0 radical (unpaired) electrons. The summed E-state index contributed by atoms with van der Waals surface area (Å²) < 4.78 is 2.09. The number of rotatable bonds is 3. The fraction of sp³-hybridized carbons (Fsp3) is 0.833. The van der Waals surface area contributed by atoms with Gasteiger partial charge in [-0.1, -0.05) is 19.3 Å². The lowest BCUT2D eigenvalue weighted by molar-refractivity contribution is -0.132. The number of aromatic nitrogens is 3. The Bertz CT molecular complexity index is 582. The predicted molar refractivity (Wildman–Crippen MR) is 85.3 cm³/mol. The van der Waals surface area contributed by atoms with Crippen LogP contribution in [0.25, 0.3) is 0 Å². The van der Waals surface area contributed by atoms with Crippen molar-refractivity contribution in [2.45, 2.75) is 51.5 Å². The molecule has 1 amide bonds. The van der Waals surface area contributed by atoms with E-state index in [-0.39, 0.29) is 0 Å². The van der Waals surface area contributed by atoms with Gasteiger partial charge in [0.15, 0.2) is 0 Å². The first kappa shape index (κ1) is 14.0. The molecular weight excluding hydrogens is 288 g/mol. The standard InChI is InChI=1S/C18H26N4O/c23-17(16-14-4-1-2-5-15(14)16)22-9-13(8-21-11-19-20-12-21)18(10-22)6-3-7-18/h11-16H,1-10H2/t13?,14-,15+,16?. The Morgan fingerprint density at radius 1 is 1.09 bits per heavy atom. The van der Waals surface area contributed by atoms with Gasteiger partial charge in [-0.3, -0.25) is 4.79 Å². The van der Waals surface area contributed by atoms with Crippen LogP contribution in [0.4, 0.5) is 0 Å². The second kappa shape index (κ2) is 5.05. The Kier molecular flexibility index (Phi) is 3.07. The topological polar surface area (TPSA) is 51.0 Å². The van der Waals surface area contributed by atoms with Gasteiger partial charge in [0.1, 0.15) is 12.7 Å². The molecule has 1 aromatic heterocycles. The number of hydrogen-bond donors (Lipinski definition) is 0. The summed E-state index contributed by atoms with van der Waals surface area (Å²) >= 11 is 0. The van der Waals surface area contributed by atoms with Gasteiger partial charge in [0.2, 0.25) is 5.91 Å². The van der Waals surface area contributed by atoms with E-state index in [4.69, 9.17) is 0 Å². The van der Waals surface area contributed by atoms with Gasteiger partial charge in [-0.2, -0.15) is 0 Å². The van der Waals surface area contributed by atoms with Crippen molar-refractivity contribution in [3.63, 3.8) is 0 Å². The van der Waals surface area contributed by atoms with E-state index in [0.717, 1.165) is 31.5 Å². The molecule has 0 bridgehead atoms. The highest BCUT2D eigenvalue weighted by atomic mass is 16.2. The van der Waals surface area contributed by atoms with Crippen LogP contribution in [-0.2, 0) is 11.3 Å². The first-order chi connectivity index (χ1) is 11.3. The second-order valence-corrected chi connectivity index (χ2v) is 8.43. The third-order valence-corrected chi connectivity index (χ3v) is 7.31. The van der Waals surface area contributed by atoms with Gasteiger partial charge in [0.25, 0.3) is 0 Å². The summed E-state index contributed by atoms with van der Waals surface area (Å²) in [6.45, 7) is 2.93. The summed E-state index contributed by atoms with van der Waals surface area (Å²) in [6.07, 6.45) is 12.8. The van der Waals surface area contributed by atoms with Crippen molar-refractivity contribution < 1.29 is 4.79 Å². The Morgan fingerprint density at radius 2 is 1.78 bits per heavy atom. The van der Waals surface area contributed by atoms with Crippen molar-refractivity contribution in [3.8, 4) is 0 Å². The third-order valence-electron chi connectivity index (χ3n) is 7.31. The van der Waals surface area contributed by atoms with E-state index in [0.29, 0.717) is 23.2 Å². The number of likely N-dealkylation sites (tertiary alicyclic amines) is 1. The summed E-state index contributed by atoms with van der Waals surface area (Å²) in [4.78, 5) is 15.3. The molecule has 4 atom stereocenters. The average Bonchev–Trinajstić information content (AvgIpc) is 2.86. The molecule has 5 rings (SSSR count). The molecule has 0 aromatic carbocycles. The van der Waals surface area contributed by atoms with E-state index in [9.17, 15) is 4.79 Å². The fourth-order valence-electron chi connectivity index (χ4n) is 5.79. The minimum absolute atomic E-state index is 0.378. The fourth-order valence-corrected chi connectivity index (χ4v) is 5.79. The SMILES string of the molecule is O=C(C1[C@H]2CCCC[C@@H]12)N1CC(Cn2cnnc2)C2(CCC2)C1. The summed E-state index contributed by atoms with van der Waals surface area (Å²) in [7, 11) is 0. The van der Waals surface area contributed by atoms with E-state index >= 15 is 0 Å². The lowest BCUT2D eigenvalue weighted by atomic mass is 9.63. The Hall–Kier alpha value is -1.39. The maximum Gasteiger partial charge on any atom is 0.226 e. The van der Waals surface area contributed by atoms with E-state index in [2.05, 4.69) is 19.7 Å². The molecule has 4 aliphatic rings. The minimum atomic E-state index is 0.378. The number of carbonyl (C=O) groups excluding carboxylic acids is 1. The van der Waals surface area contributed by atoms with Crippen molar-refractivity contribution in [3.05, 3.63) is 12.7 Å². The molecule has 1 saturated heterocycles. The molecule has 5 nitrogen and oxygen atoms in total. The Balaban J connectivity index is 1.30. The van der Waals surface area contributed by atoms with Crippen LogP contribution >= 0.6 is 0 Å². The van der Waals surface area contributed by atoms with Crippen LogP contribution in [0.15, 0.2) is 12.7 Å². The summed E-state index contributed by atoms with van der Waals surface area (Å²) in [5, 5.41) is 7.86. The lowest BCUT2D eigenvalue weighted by Gasteiger charge is -2.42. The van der Waals surface area contributed by atoms with Crippen molar-refractivity contribution >= 4 is 5.91 Å². The highest BCUT2D eigenvalue weighted by Crippen LogP contribution is 2.58. The number of hydrogen-bond acceptors (Lipinski definition) is 3. The van der Waals surface area contributed by atoms with Gasteiger partial charge in [-0.25, -0.2) is 0 Å². The Labute approximate surface area is 137 Å². The summed E-state index contributed by atoms with van der Waals surface area (Å²) in [6, 6.07) is 0. The molecule has 0 N–H and O–H groups in total.